The van der Waals surface area contributed by atoms with Gasteiger partial charge in [-0.25, -0.2) is 0 Å². The van der Waals surface area contributed by atoms with Crippen LogP contribution >= 0.6 is 0 Å². The number of hydrogen-bond acceptors (Lipinski definition) is 2. The Hall–Kier alpha value is -1.80. The second-order valence-electron chi connectivity index (χ2n) is 4.07. The first-order chi connectivity index (χ1) is 8.19. The third kappa shape index (κ3) is 2.86. The molecule has 0 amide bonds. The van der Waals surface area contributed by atoms with Crippen molar-refractivity contribution in [1.82, 2.24) is 0 Å². The Morgan fingerprint density at radius 1 is 1.12 bits per heavy atom. The van der Waals surface area contributed by atoms with Crippen LogP contribution in [0.3, 0.4) is 0 Å². The maximum Gasteiger partial charge on any atom is 0.119 e. The van der Waals surface area contributed by atoms with Gasteiger partial charge in [-0.3, -0.25) is 0 Å². The Labute approximate surface area is 101 Å². The van der Waals surface area contributed by atoms with E-state index in [2.05, 4.69) is 12.1 Å². The van der Waals surface area contributed by atoms with Crippen molar-refractivity contribution in [2.45, 2.75) is 13.0 Å². The maximum atomic E-state index is 9.19. The average molecular weight is 228 g/mol. The number of methoxy groups -OCH3 is 1. The van der Waals surface area contributed by atoms with Crippen LogP contribution < -0.4 is 4.74 Å². The topological polar surface area (TPSA) is 29.5 Å². The van der Waals surface area contributed by atoms with Crippen LogP contribution in [0.2, 0.25) is 0 Å². The minimum Gasteiger partial charge on any atom is -0.497 e. The third-order valence-electron chi connectivity index (χ3n) is 2.64. The fourth-order valence-electron chi connectivity index (χ4n) is 1.72. The molecule has 0 fully saturated rings. The molecular weight excluding hydrogens is 212 g/mol. The zero-order valence-electron chi connectivity index (χ0n) is 10.1. The summed E-state index contributed by atoms with van der Waals surface area (Å²) >= 11 is 0. The summed E-state index contributed by atoms with van der Waals surface area (Å²) in [7, 11) is 1.67. The van der Waals surface area contributed by atoms with E-state index in [1.54, 1.807) is 20.1 Å². The lowest BCUT2D eigenvalue weighted by Crippen LogP contribution is -1.91. The quantitative estimate of drug-likeness (QED) is 0.873. The standard InChI is InChI=1S/C15H16O2/c1-11(16)3-4-12-5-6-14-10-15(17-2)8-7-13(14)9-12/h3-11,16H,1-2H3/b4-3+. The molecule has 0 heterocycles. The molecule has 2 aromatic rings. The Balaban J connectivity index is 2.38. The summed E-state index contributed by atoms with van der Waals surface area (Å²) in [6.07, 6.45) is 3.28. The first kappa shape index (κ1) is 11.7. The monoisotopic (exact) mass is 228 g/mol. The number of rotatable bonds is 3. The lowest BCUT2D eigenvalue weighted by molar-refractivity contribution is 0.245. The highest BCUT2D eigenvalue weighted by Crippen LogP contribution is 2.22. The highest BCUT2D eigenvalue weighted by molar-refractivity contribution is 5.86. The number of ether oxygens (including phenoxy) is 1. The minimum atomic E-state index is -0.415. The summed E-state index contributed by atoms with van der Waals surface area (Å²) in [5.74, 6) is 0.866. The van der Waals surface area contributed by atoms with Crippen LogP contribution in [0.25, 0.3) is 16.8 Å². The van der Waals surface area contributed by atoms with Gasteiger partial charge in [-0.05, 0) is 41.5 Å². The first-order valence-electron chi connectivity index (χ1n) is 5.63. The van der Waals surface area contributed by atoms with Crippen molar-refractivity contribution in [2.75, 3.05) is 7.11 Å². The molecule has 0 saturated carbocycles. The summed E-state index contributed by atoms with van der Waals surface area (Å²) in [5.41, 5.74) is 1.09. The molecule has 2 rings (SSSR count). The molecule has 2 aromatic carbocycles. The Bertz CT molecular complexity index is 542. The second kappa shape index (κ2) is 5.02. The van der Waals surface area contributed by atoms with E-state index in [-0.39, 0.29) is 0 Å². The van der Waals surface area contributed by atoms with E-state index in [0.29, 0.717) is 0 Å². The lowest BCUT2D eigenvalue weighted by Gasteiger charge is -2.03. The molecular formula is C15H16O2. The Kier molecular flexibility index (Phi) is 3.45. The molecule has 88 valence electrons. The third-order valence-corrected chi connectivity index (χ3v) is 2.64. The average Bonchev–Trinajstić information content (AvgIpc) is 2.35. The number of aliphatic hydroxyl groups is 1. The smallest absolute Gasteiger partial charge is 0.119 e. The molecule has 0 aromatic heterocycles. The lowest BCUT2D eigenvalue weighted by atomic mass is 10.1. The highest BCUT2D eigenvalue weighted by Gasteiger charge is 1.97. The van der Waals surface area contributed by atoms with Crippen molar-refractivity contribution in [3.8, 4) is 5.75 Å². The SMILES string of the molecule is COc1ccc2cc(/C=C/C(C)O)ccc2c1. The molecule has 1 N–H and O–H groups in total. The Morgan fingerprint density at radius 2 is 1.82 bits per heavy atom. The summed E-state index contributed by atoms with van der Waals surface area (Å²) in [6.45, 7) is 1.74. The molecule has 1 atom stereocenters. The van der Waals surface area contributed by atoms with Crippen molar-refractivity contribution < 1.29 is 9.84 Å². The summed E-state index contributed by atoms with van der Waals surface area (Å²) in [5, 5.41) is 11.5. The van der Waals surface area contributed by atoms with E-state index < -0.39 is 6.10 Å². The normalized spacial score (nSPS) is 13.1. The fourth-order valence-corrected chi connectivity index (χ4v) is 1.72. The predicted octanol–water partition coefficient (Wildman–Crippen LogP) is 3.24. The fraction of sp³-hybridized carbons (Fsp3) is 0.200. The van der Waals surface area contributed by atoms with Gasteiger partial charge in [-0.15, -0.1) is 0 Å². The van der Waals surface area contributed by atoms with Gasteiger partial charge in [0.1, 0.15) is 5.75 Å². The van der Waals surface area contributed by atoms with E-state index in [9.17, 15) is 5.11 Å². The van der Waals surface area contributed by atoms with Gasteiger partial charge in [-0.1, -0.05) is 30.4 Å². The van der Waals surface area contributed by atoms with Gasteiger partial charge in [0, 0.05) is 0 Å². The first-order valence-corrected chi connectivity index (χ1v) is 5.63. The van der Waals surface area contributed by atoms with Crippen LogP contribution in [0.15, 0.2) is 42.5 Å². The van der Waals surface area contributed by atoms with Crippen LogP contribution in [0.1, 0.15) is 12.5 Å². The van der Waals surface area contributed by atoms with Gasteiger partial charge in [0.25, 0.3) is 0 Å². The number of benzene rings is 2. The van der Waals surface area contributed by atoms with Gasteiger partial charge < -0.3 is 9.84 Å². The second-order valence-corrected chi connectivity index (χ2v) is 4.07. The predicted molar refractivity (Wildman–Crippen MR) is 71.2 cm³/mol. The van der Waals surface area contributed by atoms with E-state index in [4.69, 9.17) is 4.74 Å². The zero-order chi connectivity index (χ0) is 12.3. The van der Waals surface area contributed by atoms with E-state index in [1.807, 2.05) is 30.3 Å². The Morgan fingerprint density at radius 3 is 2.53 bits per heavy atom. The number of fused-ring (bicyclic) bond motifs is 1. The highest BCUT2D eigenvalue weighted by atomic mass is 16.5. The molecule has 0 aliphatic heterocycles. The van der Waals surface area contributed by atoms with Crippen LogP contribution in [0, 0.1) is 0 Å². The van der Waals surface area contributed by atoms with Crippen LogP contribution in [-0.2, 0) is 0 Å². The number of aliphatic hydroxyl groups excluding tert-OH is 1. The van der Waals surface area contributed by atoms with Crippen molar-refractivity contribution in [3.63, 3.8) is 0 Å². The van der Waals surface area contributed by atoms with Gasteiger partial charge in [0.2, 0.25) is 0 Å². The molecule has 0 bridgehead atoms. The molecule has 0 spiro atoms. The van der Waals surface area contributed by atoms with Crippen molar-refractivity contribution in [1.29, 1.82) is 0 Å². The summed E-state index contributed by atoms with van der Waals surface area (Å²) < 4.78 is 5.18. The van der Waals surface area contributed by atoms with Crippen molar-refractivity contribution in [2.24, 2.45) is 0 Å². The molecule has 0 radical (unpaired) electrons. The zero-order valence-corrected chi connectivity index (χ0v) is 10.1. The molecule has 0 aliphatic rings. The maximum absolute atomic E-state index is 9.19. The van der Waals surface area contributed by atoms with Gasteiger partial charge in [0.05, 0.1) is 13.2 Å². The summed E-state index contributed by atoms with van der Waals surface area (Å²) in [4.78, 5) is 0. The molecule has 1 unspecified atom stereocenters. The molecule has 2 nitrogen and oxygen atoms in total. The largest absolute Gasteiger partial charge is 0.497 e. The minimum absolute atomic E-state index is 0.415. The van der Waals surface area contributed by atoms with E-state index in [1.165, 1.54) is 5.39 Å². The van der Waals surface area contributed by atoms with E-state index in [0.717, 1.165) is 16.7 Å². The molecule has 2 heteroatoms. The van der Waals surface area contributed by atoms with Gasteiger partial charge in [0.15, 0.2) is 0 Å². The van der Waals surface area contributed by atoms with Gasteiger partial charge in [-0.2, -0.15) is 0 Å². The molecule has 0 aliphatic carbocycles. The van der Waals surface area contributed by atoms with Gasteiger partial charge >= 0.3 is 0 Å². The number of hydrogen-bond donors (Lipinski definition) is 1. The summed E-state index contributed by atoms with van der Waals surface area (Å²) in [6, 6.07) is 12.2. The van der Waals surface area contributed by atoms with Crippen LogP contribution in [-0.4, -0.2) is 18.3 Å². The van der Waals surface area contributed by atoms with Crippen molar-refractivity contribution in [3.05, 3.63) is 48.0 Å². The molecule has 17 heavy (non-hydrogen) atoms. The van der Waals surface area contributed by atoms with E-state index >= 15 is 0 Å². The van der Waals surface area contributed by atoms with Crippen LogP contribution in [0.5, 0.6) is 5.75 Å². The van der Waals surface area contributed by atoms with Crippen LogP contribution in [0.4, 0.5) is 0 Å². The molecule has 0 saturated heterocycles. The van der Waals surface area contributed by atoms with Crippen molar-refractivity contribution >= 4 is 16.8 Å².